The number of nitrogens with one attached hydrogen (secondary N) is 2. The van der Waals surface area contributed by atoms with Crippen molar-refractivity contribution in [2.45, 2.75) is 77.5 Å². The number of halogens is 1. The summed E-state index contributed by atoms with van der Waals surface area (Å²) in [6.45, 7) is 10.9. The minimum atomic E-state index is -0.620. The maximum absolute atomic E-state index is 13.5. The van der Waals surface area contributed by atoms with E-state index in [1.807, 2.05) is 50.8 Å². The normalized spacial score (nSPS) is 20.3. The molecule has 0 saturated carbocycles. The highest BCUT2D eigenvalue weighted by molar-refractivity contribution is 6.30. The fraction of sp³-hybridized carbons (Fsp3) is 0.719. The summed E-state index contributed by atoms with van der Waals surface area (Å²) < 4.78 is 22.3. The van der Waals surface area contributed by atoms with Gasteiger partial charge in [0, 0.05) is 57.4 Å². The summed E-state index contributed by atoms with van der Waals surface area (Å²) in [6.07, 6.45) is 3.17. The molecule has 0 bridgehead atoms. The number of benzene rings is 1. The molecule has 2 fully saturated rings. The Morgan fingerprint density at radius 3 is 2.64 bits per heavy atom. The number of carbonyl (C=O) groups excluding carboxylic acids is 3. The first-order valence-electron chi connectivity index (χ1n) is 15.6. The number of hydrogen-bond acceptors (Lipinski definition) is 7. The zero-order chi connectivity index (χ0) is 32.3. The molecule has 2 saturated heterocycles. The van der Waals surface area contributed by atoms with Gasteiger partial charge in [-0.3, -0.25) is 0 Å². The molecule has 11 nitrogen and oxygen atoms in total. The van der Waals surface area contributed by atoms with E-state index < -0.39 is 17.8 Å². The summed E-state index contributed by atoms with van der Waals surface area (Å²) >= 11 is 6.38. The van der Waals surface area contributed by atoms with Crippen molar-refractivity contribution in [1.82, 2.24) is 20.4 Å². The Balaban J connectivity index is 1.68. The van der Waals surface area contributed by atoms with Crippen LogP contribution in [-0.2, 0) is 18.9 Å². The number of hydrogen-bond donors (Lipinski definition) is 2. The first kappa shape index (κ1) is 35.7. The minimum absolute atomic E-state index is 0.0180. The number of nitrogens with zero attached hydrogens (tertiary/aromatic N) is 2. The molecule has 12 heteroatoms. The molecular weight excluding hydrogens is 588 g/mol. The zero-order valence-corrected chi connectivity index (χ0v) is 27.9. The Kier molecular flexibility index (Phi) is 13.9. The van der Waals surface area contributed by atoms with E-state index in [0.717, 1.165) is 43.4 Å². The lowest BCUT2D eigenvalue weighted by Gasteiger charge is -2.38. The number of amides is 4. The van der Waals surface area contributed by atoms with Gasteiger partial charge in [-0.25, -0.2) is 14.4 Å². The van der Waals surface area contributed by atoms with Crippen molar-refractivity contribution in [2.24, 2.45) is 11.8 Å². The molecule has 2 heterocycles. The molecule has 0 aliphatic carbocycles. The molecule has 1 aromatic carbocycles. The second kappa shape index (κ2) is 17.1. The lowest BCUT2D eigenvalue weighted by Crippen LogP contribution is -2.52. The molecule has 1 unspecified atom stereocenters. The maximum atomic E-state index is 13.5. The van der Waals surface area contributed by atoms with Gasteiger partial charge >= 0.3 is 18.2 Å². The summed E-state index contributed by atoms with van der Waals surface area (Å²) in [5, 5.41) is 6.37. The van der Waals surface area contributed by atoms with Gasteiger partial charge in [-0.15, -0.1) is 0 Å². The number of carbonyl (C=O) groups is 3. The van der Waals surface area contributed by atoms with Crippen molar-refractivity contribution in [3.05, 3.63) is 34.3 Å². The van der Waals surface area contributed by atoms with Crippen LogP contribution in [0.25, 0.3) is 0 Å². The van der Waals surface area contributed by atoms with Gasteiger partial charge in [0.25, 0.3) is 0 Å². The smallest absolute Gasteiger partial charge is 0.410 e. The number of rotatable bonds is 11. The van der Waals surface area contributed by atoms with E-state index in [1.54, 1.807) is 11.9 Å². The van der Waals surface area contributed by atoms with Gasteiger partial charge in [0.2, 0.25) is 0 Å². The van der Waals surface area contributed by atoms with E-state index in [4.69, 9.17) is 25.8 Å². The highest BCUT2D eigenvalue weighted by atomic mass is 35.5. The first-order valence-corrected chi connectivity index (χ1v) is 16.0. The predicted octanol–water partition coefficient (Wildman–Crippen LogP) is 5.54. The van der Waals surface area contributed by atoms with Crippen LogP contribution < -0.4 is 10.6 Å². The van der Waals surface area contributed by atoms with Crippen LogP contribution in [0.2, 0.25) is 5.02 Å². The lowest BCUT2D eigenvalue weighted by atomic mass is 9.86. The van der Waals surface area contributed by atoms with E-state index in [2.05, 4.69) is 15.4 Å². The molecule has 4 amide bonds. The first-order chi connectivity index (χ1) is 20.9. The average Bonchev–Trinajstić information content (AvgIpc) is 2.99. The van der Waals surface area contributed by atoms with Crippen molar-refractivity contribution >= 4 is 29.8 Å². The van der Waals surface area contributed by atoms with Crippen molar-refractivity contribution < 1.29 is 33.3 Å². The molecule has 0 radical (unpaired) electrons. The van der Waals surface area contributed by atoms with Crippen LogP contribution >= 0.6 is 11.6 Å². The second-order valence-corrected chi connectivity index (χ2v) is 13.2. The summed E-state index contributed by atoms with van der Waals surface area (Å²) in [5.74, 6) is 0.326. The van der Waals surface area contributed by atoms with Gasteiger partial charge in [-0.05, 0) is 89.0 Å². The van der Waals surface area contributed by atoms with E-state index in [-0.39, 0.29) is 37.2 Å². The van der Waals surface area contributed by atoms with Crippen LogP contribution in [0, 0.1) is 18.8 Å². The average molecular weight is 639 g/mol. The molecule has 4 atom stereocenters. The Bertz CT molecular complexity index is 1090. The standard InChI is InChI=1S/C32H51ClN4O7/c1-22-11-12-25(33)18-27(22)28(43-16-13-34-30(39)41-6)24-10-7-14-37(20-24)29(38)35-19-26(17-23-9-8-15-42-21-23)36(5)31(40)44-32(2,3)4/h11-12,18,23-24,26,28H,7-10,13-17,19-21H2,1-6H3,(H,34,39)(H,35,38)/t23-,24-,26?,28-/m1/s1. The van der Waals surface area contributed by atoms with E-state index in [0.29, 0.717) is 43.6 Å². The molecule has 0 aromatic heterocycles. The molecule has 44 heavy (non-hydrogen) atoms. The molecule has 248 valence electrons. The Hall–Kier alpha value is -2.76. The molecule has 1 aromatic rings. The highest BCUT2D eigenvalue weighted by Gasteiger charge is 2.33. The van der Waals surface area contributed by atoms with Crippen LogP contribution in [0.15, 0.2) is 18.2 Å². The zero-order valence-electron chi connectivity index (χ0n) is 27.2. The van der Waals surface area contributed by atoms with Crippen molar-refractivity contribution in [3.63, 3.8) is 0 Å². The van der Waals surface area contributed by atoms with Crippen LogP contribution in [0.4, 0.5) is 14.4 Å². The molecule has 0 spiro atoms. The fourth-order valence-electron chi connectivity index (χ4n) is 5.81. The van der Waals surface area contributed by atoms with E-state index in [1.165, 1.54) is 7.11 Å². The quantitative estimate of drug-likeness (QED) is 0.306. The van der Waals surface area contributed by atoms with Crippen molar-refractivity contribution in [3.8, 4) is 0 Å². The highest BCUT2D eigenvalue weighted by Crippen LogP contribution is 2.35. The third-order valence-corrected chi connectivity index (χ3v) is 8.39. The van der Waals surface area contributed by atoms with Crippen molar-refractivity contribution in [2.75, 3.05) is 60.2 Å². The number of piperidine rings is 1. The number of ether oxygens (including phenoxy) is 4. The molecule has 2 N–H and O–H groups in total. The number of methoxy groups -OCH3 is 1. The van der Waals surface area contributed by atoms with Gasteiger partial charge in [0.15, 0.2) is 0 Å². The van der Waals surface area contributed by atoms with E-state index >= 15 is 0 Å². The summed E-state index contributed by atoms with van der Waals surface area (Å²) in [5.41, 5.74) is 1.39. The second-order valence-electron chi connectivity index (χ2n) is 12.8. The lowest BCUT2D eigenvalue weighted by molar-refractivity contribution is -0.00912. The molecular formula is C32H51ClN4O7. The van der Waals surface area contributed by atoms with Crippen LogP contribution in [0.1, 0.15) is 70.1 Å². The monoisotopic (exact) mass is 638 g/mol. The number of likely N-dealkylation sites (N-methyl/N-ethyl adjacent to an activating group) is 1. The Morgan fingerprint density at radius 1 is 1.18 bits per heavy atom. The number of alkyl carbamates (subject to hydrolysis) is 1. The van der Waals surface area contributed by atoms with E-state index in [9.17, 15) is 14.4 Å². The van der Waals surface area contributed by atoms with Gasteiger partial charge in [-0.1, -0.05) is 17.7 Å². The minimum Gasteiger partial charge on any atom is -0.453 e. The topological polar surface area (TPSA) is 119 Å². The van der Waals surface area contributed by atoms with Crippen molar-refractivity contribution in [1.29, 1.82) is 0 Å². The Labute approximate surface area is 267 Å². The summed E-state index contributed by atoms with van der Waals surface area (Å²) in [7, 11) is 3.05. The fourth-order valence-corrected chi connectivity index (χ4v) is 5.99. The van der Waals surface area contributed by atoms with Gasteiger partial charge in [0.1, 0.15) is 5.60 Å². The number of urea groups is 1. The Morgan fingerprint density at radius 2 is 1.95 bits per heavy atom. The SMILES string of the molecule is COC(=O)NCCO[C@@H](c1cc(Cl)ccc1C)[C@@H]1CCCN(C(=O)NCC(C[C@H]2CCCOC2)N(C)C(=O)OC(C)(C)C)C1. The third kappa shape index (κ3) is 11.3. The van der Waals surface area contributed by atoms with Gasteiger partial charge in [0.05, 0.1) is 25.9 Å². The maximum Gasteiger partial charge on any atom is 0.410 e. The van der Waals surface area contributed by atoms with Gasteiger partial charge in [-0.2, -0.15) is 0 Å². The summed E-state index contributed by atoms with van der Waals surface area (Å²) in [4.78, 5) is 41.4. The third-order valence-electron chi connectivity index (χ3n) is 8.15. The predicted molar refractivity (Wildman–Crippen MR) is 169 cm³/mol. The molecule has 2 aliphatic heterocycles. The van der Waals surface area contributed by atoms with Crippen LogP contribution in [0.5, 0.6) is 0 Å². The number of likely N-dealkylation sites (tertiary alicyclic amines) is 1. The summed E-state index contributed by atoms with van der Waals surface area (Å²) in [6, 6.07) is 5.31. The molecule has 2 aliphatic rings. The largest absolute Gasteiger partial charge is 0.453 e. The molecule has 3 rings (SSSR count). The van der Waals surface area contributed by atoms with Gasteiger partial charge < -0.3 is 39.4 Å². The number of aryl methyl sites for hydroxylation is 1. The van der Waals surface area contributed by atoms with Crippen LogP contribution in [0.3, 0.4) is 0 Å². The van der Waals surface area contributed by atoms with Crippen LogP contribution in [-0.4, -0.2) is 99.8 Å².